The Kier molecular flexibility index (Phi) is 5.39. The minimum atomic E-state index is -0.457. The Labute approximate surface area is 148 Å². The summed E-state index contributed by atoms with van der Waals surface area (Å²) in [6.45, 7) is 1.76. The average molecular weight is 357 g/mol. The van der Waals surface area contributed by atoms with Gasteiger partial charge in [0.05, 0.1) is 22.4 Å². The van der Waals surface area contributed by atoms with Crippen molar-refractivity contribution in [2.24, 2.45) is 0 Å². The van der Waals surface area contributed by atoms with Crippen molar-refractivity contribution in [3.63, 3.8) is 0 Å². The first-order valence-electron chi connectivity index (χ1n) is 7.65. The summed E-state index contributed by atoms with van der Waals surface area (Å²) in [6, 6.07) is 15.6. The van der Waals surface area contributed by atoms with E-state index < -0.39 is 5.82 Å². The van der Waals surface area contributed by atoms with E-state index in [4.69, 9.17) is 0 Å². The molecule has 3 rings (SSSR count). The number of carbonyl (C=O) groups excluding carboxylic acids is 1. The Balaban J connectivity index is 1.61. The third-order valence-electron chi connectivity index (χ3n) is 3.50. The first-order valence-corrected chi connectivity index (χ1v) is 8.69. The van der Waals surface area contributed by atoms with E-state index >= 15 is 0 Å². The molecule has 0 aliphatic carbocycles. The van der Waals surface area contributed by atoms with Crippen molar-refractivity contribution in [1.29, 1.82) is 0 Å². The largest absolute Gasteiger partial charge is 0.323 e. The van der Waals surface area contributed by atoms with Gasteiger partial charge in [-0.05, 0) is 41.6 Å². The highest BCUT2D eigenvalue weighted by molar-refractivity contribution is 7.99. The molecular weight excluding hydrogens is 341 g/mol. The zero-order valence-electron chi connectivity index (χ0n) is 13.5. The number of nitrogens with one attached hydrogen (secondary N) is 1. The molecule has 0 saturated carbocycles. The molecule has 0 bridgehead atoms. The van der Waals surface area contributed by atoms with Gasteiger partial charge >= 0.3 is 0 Å². The molecule has 1 N–H and O–H groups in total. The van der Waals surface area contributed by atoms with E-state index in [0.717, 1.165) is 5.69 Å². The summed E-state index contributed by atoms with van der Waals surface area (Å²) >= 11 is 1.38. The van der Waals surface area contributed by atoms with Crippen LogP contribution in [0.1, 0.15) is 12.7 Å². The average Bonchev–Trinajstić information content (AvgIpc) is 3.11. The maximum Gasteiger partial charge on any atom is 0.237 e. The van der Waals surface area contributed by atoms with Crippen molar-refractivity contribution >= 4 is 23.4 Å². The minimum Gasteiger partial charge on any atom is -0.323 e. The normalized spacial score (nSPS) is 11.9. The van der Waals surface area contributed by atoms with Crippen molar-refractivity contribution < 1.29 is 9.18 Å². The van der Waals surface area contributed by atoms with Crippen LogP contribution in [0.4, 0.5) is 10.1 Å². The molecule has 1 unspecified atom stereocenters. The second-order valence-corrected chi connectivity index (χ2v) is 6.59. The van der Waals surface area contributed by atoms with Gasteiger partial charge in [-0.2, -0.15) is 4.68 Å². The van der Waals surface area contributed by atoms with Crippen LogP contribution < -0.4 is 5.32 Å². The van der Waals surface area contributed by atoms with Gasteiger partial charge in [-0.3, -0.25) is 4.79 Å². The number of halogens is 1. The zero-order chi connectivity index (χ0) is 17.6. The van der Waals surface area contributed by atoms with E-state index in [0.29, 0.717) is 11.6 Å². The van der Waals surface area contributed by atoms with Gasteiger partial charge in [0, 0.05) is 0 Å². The highest BCUT2D eigenvalue weighted by Gasteiger charge is 2.17. The first-order chi connectivity index (χ1) is 12.1. The van der Waals surface area contributed by atoms with Gasteiger partial charge in [0.15, 0.2) is 5.82 Å². The predicted molar refractivity (Wildman–Crippen MR) is 94.9 cm³/mol. The zero-order valence-corrected chi connectivity index (χ0v) is 14.3. The molecule has 8 heteroatoms. The second kappa shape index (κ2) is 7.89. The summed E-state index contributed by atoms with van der Waals surface area (Å²) in [5.41, 5.74) is 1.03. The van der Waals surface area contributed by atoms with Gasteiger partial charge in [-0.1, -0.05) is 30.3 Å². The summed E-state index contributed by atoms with van der Waals surface area (Å²) in [5, 5.41) is 13.9. The van der Waals surface area contributed by atoms with Gasteiger partial charge in [-0.15, -0.1) is 16.9 Å². The van der Waals surface area contributed by atoms with Crippen LogP contribution in [0.3, 0.4) is 0 Å². The molecule has 1 amide bonds. The highest BCUT2D eigenvalue weighted by atomic mass is 32.2. The lowest BCUT2D eigenvalue weighted by atomic mass is 10.3. The number of carbonyl (C=O) groups is 1. The summed E-state index contributed by atoms with van der Waals surface area (Å²) in [6.07, 6.45) is 0. The standard InChI is InChI=1S/C17H16FN5OS/c1-12(17(24)19-15-10-6-5-9-14(15)18)25-11-16-20-21-22-23(16)13-7-3-2-4-8-13/h2-10,12H,11H2,1H3,(H,19,24). The van der Waals surface area contributed by atoms with Crippen molar-refractivity contribution in [2.45, 2.75) is 17.9 Å². The van der Waals surface area contributed by atoms with E-state index in [9.17, 15) is 9.18 Å². The molecule has 0 spiro atoms. The Morgan fingerprint density at radius 3 is 2.68 bits per heavy atom. The Morgan fingerprint density at radius 1 is 1.20 bits per heavy atom. The number of nitrogens with zero attached hydrogens (tertiary/aromatic N) is 4. The molecule has 0 radical (unpaired) electrons. The molecule has 1 heterocycles. The molecule has 3 aromatic rings. The van der Waals surface area contributed by atoms with E-state index in [1.54, 1.807) is 23.7 Å². The van der Waals surface area contributed by atoms with Gasteiger partial charge < -0.3 is 5.32 Å². The number of benzene rings is 2. The van der Waals surface area contributed by atoms with Gasteiger partial charge in [0.1, 0.15) is 5.82 Å². The number of rotatable bonds is 6. The topological polar surface area (TPSA) is 72.7 Å². The van der Waals surface area contributed by atoms with Gasteiger partial charge in [0.25, 0.3) is 0 Å². The quantitative estimate of drug-likeness (QED) is 0.734. The molecule has 128 valence electrons. The van der Waals surface area contributed by atoms with E-state index in [-0.39, 0.29) is 16.8 Å². The van der Waals surface area contributed by atoms with E-state index in [1.165, 1.54) is 23.9 Å². The number of amides is 1. The fourth-order valence-corrected chi connectivity index (χ4v) is 2.93. The third-order valence-corrected chi connectivity index (χ3v) is 4.64. The smallest absolute Gasteiger partial charge is 0.237 e. The van der Waals surface area contributed by atoms with Gasteiger partial charge in [-0.25, -0.2) is 4.39 Å². The van der Waals surface area contributed by atoms with Crippen LogP contribution in [-0.4, -0.2) is 31.4 Å². The van der Waals surface area contributed by atoms with Crippen LogP contribution in [0.5, 0.6) is 0 Å². The van der Waals surface area contributed by atoms with Crippen LogP contribution in [-0.2, 0) is 10.5 Å². The van der Waals surface area contributed by atoms with Crippen LogP contribution >= 0.6 is 11.8 Å². The molecular formula is C17H16FN5OS. The third kappa shape index (κ3) is 4.21. The van der Waals surface area contributed by atoms with Crippen molar-refractivity contribution in [2.75, 3.05) is 5.32 Å². The molecule has 0 fully saturated rings. The second-order valence-electron chi connectivity index (χ2n) is 5.26. The van der Waals surface area contributed by atoms with Crippen LogP contribution in [0.25, 0.3) is 5.69 Å². The molecule has 25 heavy (non-hydrogen) atoms. The van der Waals surface area contributed by atoms with Gasteiger partial charge in [0.2, 0.25) is 5.91 Å². The Hall–Kier alpha value is -2.74. The summed E-state index contributed by atoms with van der Waals surface area (Å²) in [4.78, 5) is 12.2. The number of aromatic nitrogens is 4. The lowest BCUT2D eigenvalue weighted by molar-refractivity contribution is -0.115. The molecule has 1 aromatic heterocycles. The first kappa shape index (κ1) is 17.1. The van der Waals surface area contributed by atoms with E-state index in [2.05, 4.69) is 20.8 Å². The van der Waals surface area contributed by atoms with E-state index in [1.807, 2.05) is 30.3 Å². The summed E-state index contributed by atoms with van der Waals surface area (Å²) in [7, 11) is 0. The molecule has 0 saturated heterocycles. The Bertz CT molecular complexity index is 855. The van der Waals surface area contributed by atoms with Crippen molar-refractivity contribution in [3.05, 3.63) is 66.2 Å². The number of hydrogen-bond donors (Lipinski definition) is 1. The maximum atomic E-state index is 13.6. The minimum absolute atomic E-state index is 0.175. The van der Waals surface area contributed by atoms with Crippen molar-refractivity contribution in [1.82, 2.24) is 20.2 Å². The Morgan fingerprint density at radius 2 is 1.92 bits per heavy atom. The number of hydrogen-bond acceptors (Lipinski definition) is 5. The number of anilines is 1. The van der Waals surface area contributed by atoms with Crippen LogP contribution in [0, 0.1) is 5.82 Å². The molecule has 6 nitrogen and oxygen atoms in total. The van der Waals surface area contributed by atoms with Crippen LogP contribution in [0.2, 0.25) is 0 Å². The summed E-state index contributed by atoms with van der Waals surface area (Å²) < 4.78 is 15.2. The lowest BCUT2D eigenvalue weighted by Gasteiger charge is -2.12. The molecule has 2 aromatic carbocycles. The maximum absolute atomic E-state index is 13.6. The highest BCUT2D eigenvalue weighted by Crippen LogP contribution is 2.20. The molecule has 0 aliphatic heterocycles. The number of para-hydroxylation sites is 2. The fraction of sp³-hybridized carbons (Fsp3) is 0.176. The summed E-state index contributed by atoms with van der Waals surface area (Å²) in [5.74, 6) is 0.366. The number of tetrazole rings is 1. The predicted octanol–water partition coefficient (Wildman–Crippen LogP) is 3.06. The van der Waals surface area contributed by atoms with Crippen LogP contribution in [0.15, 0.2) is 54.6 Å². The lowest BCUT2D eigenvalue weighted by Crippen LogP contribution is -2.23. The molecule has 1 atom stereocenters. The SMILES string of the molecule is CC(SCc1nnnn1-c1ccccc1)C(=O)Nc1ccccc1F. The molecule has 0 aliphatic rings. The number of thioether (sulfide) groups is 1. The monoisotopic (exact) mass is 357 g/mol. The van der Waals surface area contributed by atoms with Crippen molar-refractivity contribution in [3.8, 4) is 5.69 Å². The fourth-order valence-electron chi connectivity index (χ4n) is 2.14.